The number of esters is 1. The van der Waals surface area contributed by atoms with Crippen LogP contribution in [0, 0.1) is 0 Å². The Kier molecular flexibility index (Phi) is 4.13. The van der Waals surface area contributed by atoms with Crippen LogP contribution in [-0.4, -0.2) is 25.3 Å². The van der Waals surface area contributed by atoms with Gasteiger partial charge in [0.2, 0.25) is 0 Å². The van der Waals surface area contributed by atoms with Crippen LogP contribution in [0.4, 0.5) is 0 Å². The zero-order valence-corrected chi connectivity index (χ0v) is 9.74. The summed E-state index contributed by atoms with van der Waals surface area (Å²) >= 11 is 1.59. The van der Waals surface area contributed by atoms with E-state index >= 15 is 0 Å². The van der Waals surface area contributed by atoms with Gasteiger partial charge in [0.25, 0.3) is 0 Å². The third-order valence-electron chi connectivity index (χ3n) is 2.36. The van der Waals surface area contributed by atoms with Gasteiger partial charge in [-0.05, 0) is 30.4 Å². The first-order valence-corrected chi connectivity index (χ1v) is 6.22. The van der Waals surface area contributed by atoms with Crippen molar-refractivity contribution in [2.75, 3.05) is 13.2 Å². The van der Waals surface area contributed by atoms with E-state index in [2.05, 4.69) is 0 Å². The standard InChI is InChI=1S/C12H14O3S/c13-12(6-5-11-4-2-8-16-11)15-9-10-3-1-7-14-10/h2,4-6,8,10H,1,3,7,9H2. The maximum atomic E-state index is 11.3. The normalized spacial score (nSPS) is 20.4. The third-order valence-corrected chi connectivity index (χ3v) is 3.20. The Morgan fingerprint density at radius 3 is 3.31 bits per heavy atom. The summed E-state index contributed by atoms with van der Waals surface area (Å²) in [5.41, 5.74) is 0. The zero-order chi connectivity index (χ0) is 11.2. The lowest BCUT2D eigenvalue weighted by molar-refractivity contribution is -0.140. The summed E-state index contributed by atoms with van der Waals surface area (Å²) in [6.07, 6.45) is 5.37. The van der Waals surface area contributed by atoms with Crippen molar-refractivity contribution in [3.63, 3.8) is 0 Å². The molecule has 1 aromatic heterocycles. The van der Waals surface area contributed by atoms with E-state index < -0.39 is 0 Å². The van der Waals surface area contributed by atoms with Gasteiger partial charge in [0.1, 0.15) is 6.61 Å². The second-order valence-corrected chi connectivity index (χ2v) is 4.59. The molecule has 1 unspecified atom stereocenters. The molecule has 0 amide bonds. The van der Waals surface area contributed by atoms with Gasteiger partial charge in [-0.15, -0.1) is 11.3 Å². The SMILES string of the molecule is O=C(C=Cc1cccs1)OCC1CCCO1. The molecule has 0 N–H and O–H groups in total. The number of thiophene rings is 1. The van der Waals surface area contributed by atoms with Crippen molar-refractivity contribution in [2.45, 2.75) is 18.9 Å². The Morgan fingerprint density at radius 2 is 2.62 bits per heavy atom. The summed E-state index contributed by atoms with van der Waals surface area (Å²) in [7, 11) is 0. The van der Waals surface area contributed by atoms with Gasteiger partial charge in [-0.3, -0.25) is 0 Å². The summed E-state index contributed by atoms with van der Waals surface area (Å²) < 4.78 is 10.4. The highest BCUT2D eigenvalue weighted by molar-refractivity contribution is 7.10. The van der Waals surface area contributed by atoms with E-state index in [0.717, 1.165) is 24.3 Å². The van der Waals surface area contributed by atoms with Crippen LogP contribution in [0.15, 0.2) is 23.6 Å². The molecule has 2 rings (SSSR count). The lowest BCUT2D eigenvalue weighted by Gasteiger charge is -2.08. The molecule has 1 aliphatic heterocycles. The number of ether oxygens (including phenoxy) is 2. The number of carbonyl (C=O) groups is 1. The molecular formula is C12H14O3S. The Labute approximate surface area is 98.7 Å². The van der Waals surface area contributed by atoms with Crippen LogP contribution in [0.3, 0.4) is 0 Å². The molecule has 1 aromatic rings. The summed E-state index contributed by atoms with van der Waals surface area (Å²) in [5.74, 6) is -0.302. The molecule has 0 saturated carbocycles. The van der Waals surface area contributed by atoms with Crippen LogP contribution in [-0.2, 0) is 14.3 Å². The van der Waals surface area contributed by atoms with Crippen LogP contribution >= 0.6 is 11.3 Å². The lowest BCUT2D eigenvalue weighted by Crippen LogP contribution is -2.16. The lowest BCUT2D eigenvalue weighted by atomic mass is 10.2. The minimum atomic E-state index is -0.302. The van der Waals surface area contributed by atoms with Gasteiger partial charge < -0.3 is 9.47 Å². The molecule has 4 heteroatoms. The van der Waals surface area contributed by atoms with E-state index in [1.54, 1.807) is 17.4 Å². The minimum absolute atomic E-state index is 0.0964. The summed E-state index contributed by atoms with van der Waals surface area (Å²) in [6, 6.07) is 3.90. The fourth-order valence-electron chi connectivity index (χ4n) is 1.54. The largest absolute Gasteiger partial charge is 0.460 e. The Bertz CT molecular complexity index is 350. The van der Waals surface area contributed by atoms with Gasteiger partial charge in [0.05, 0.1) is 6.10 Å². The fourth-order valence-corrected chi connectivity index (χ4v) is 2.15. The second kappa shape index (κ2) is 5.82. The quantitative estimate of drug-likeness (QED) is 0.597. The first-order valence-electron chi connectivity index (χ1n) is 5.34. The topological polar surface area (TPSA) is 35.5 Å². The van der Waals surface area contributed by atoms with Crippen LogP contribution in [0.5, 0.6) is 0 Å². The summed E-state index contributed by atoms with van der Waals surface area (Å²) in [4.78, 5) is 12.4. The van der Waals surface area contributed by atoms with E-state index in [-0.39, 0.29) is 12.1 Å². The molecule has 3 nitrogen and oxygen atoms in total. The summed E-state index contributed by atoms with van der Waals surface area (Å²) in [6.45, 7) is 1.15. The maximum absolute atomic E-state index is 11.3. The van der Waals surface area contributed by atoms with Crippen molar-refractivity contribution < 1.29 is 14.3 Å². The molecule has 2 heterocycles. The number of hydrogen-bond acceptors (Lipinski definition) is 4. The third kappa shape index (κ3) is 3.47. The predicted octanol–water partition coefficient (Wildman–Crippen LogP) is 2.48. The fraction of sp³-hybridized carbons (Fsp3) is 0.417. The van der Waals surface area contributed by atoms with Gasteiger partial charge >= 0.3 is 5.97 Å². The smallest absolute Gasteiger partial charge is 0.330 e. The van der Waals surface area contributed by atoms with Crippen LogP contribution in [0.25, 0.3) is 6.08 Å². The molecule has 0 aromatic carbocycles. The molecule has 1 saturated heterocycles. The summed E-state index contributed by atoms with van der Waals surface area (Å²) in [5, 5.41) is 1.97. The maximum Gasteiger partial charge on any atom is 0.330 e. The number of hydrogen-bond donors (Lipinski definition) is 0. The van der Waals surface area contributed by atoms with Crippen molar-refractivity contribution in [2.24, 2.45) is 0 Å². The average molecular weight is 238 g/mol. The van der Waals surface area contributed by atoms with Crippen molar-refractivity contribution in [1.82, 2.24) is 0 Å². The molecule has 0 bridgehead atoms. The zero-order valence-electron chi connectivity index (χ0n) is 8.93. The molecule has 86 valence electrons. The van der Waals surface area contributed by atoms with Crippen LogP contribution in [0.1, 0.15) is 17.7 Å². The van der Waals surface area contributed by atoms with Crippen LogP contribution in [0.2, 0.25) is 0 Å². The highest BCUT2D eigenvalue weighted by atomic mass is 32.1. The van der Waals surface area contributed by atoms with Crippen molar-refractivity contribution in [3.8, 4) is 0 Å². The van der Waals surface area contributed by atoms with E-state index in [0.29, 0.717) is 6.61 Å². The van der Waals surface area contributed by atoms with Gasteiger partial charge in [-0.2, -0.15) is 0 Å². The van der Waals surface area contributed by atoms with Crippen molar-refractivity contribution in [3.05, 3.63) is 28.5 Å². The highest BCUT2D eigenvalue weighted by Crippen LogP contribution is 2.13. The molecule has 1 atom stereocenters. The van der Waals surface area contributed by atoms with Gasteiger partial charge in [-0.25, -0.2) is 4.79 Å². The Hall–Kier alpha value is -1.13. The van der Waals surface area contributed by atoms with E-state index in [1.807, 2.05) is 17.5 Å². The van der Waals surface area contributed by atoms with Crippen molar-refractivity contribution in [1.29, 1.82) is 0 Å². The minimum Gasteiger partial charge on any atom is -0.460 e. The van der Waals surface area contributed by atoms with Gasteiger partial charge in [0, 0.05) is 17.6 Å². The molecule has 0 aliphatic carbocycles. The van der Waals surface area contributed by atoms with E-state index in [9.17, 15) is 4.79 Å². The van der Waals surface area contributed by atoms with E-state index in [4.69, 9.17) is 9.47 Å². The molecule has 0 spiro atoms. The average Bonchev–Trinajstić information content (AvgIpc) is 2.96. The van der Waals surface area contributed by atoms with Gasteiger partial charge in [0.15, 0.2) is 0 Å². The predicted molar refractivity (Wildman–Crippen MR) is 63.3 cm³/mol. The molecule has 1 aliphatic rings. The molecular weight excluding hydrogens is 224 g/mol. The Morgan fingerprint density at radius 1 is 1.69 bits per heavy atom. The van der Waals surface area contributed by atoms with Crippen LogP contribution < -0.4 is 0 Å². The Balaban J connectivity index is 1.71. The molecule has 1 fully saturated rings. The van der Waals surface area contributed by atoms with E-state index in [1.165, 1.54) is 6.08 Å². The first-order chi connectivity index (χ1) is 7.84. The second-order valence-electron chi connectivity index (χ2n) is 3.61. The molecule has 16 heavy (non-hydrogen) atoms. The number of rotatable bonds is 4. The van der Waals surface area contributed by atoms with Gasteiger partial charge in [-0.1, -0.05) is 6.07 Å². The monoisotopic (exact) mass is 238 g/mol. The number of carbonyl (C=O) groups excluding carboxylic acids is 1. The molecule has 0 radical (unpaired) electrons. The van der Waals surface area contributed by atoms with Crippen molar-refractivity contribution >= 4 is 23.4 Å². The highest BCUT2D eigenvalue weighted by Gasteiger charge is 2.16. The first kappa shape index (κ1) is 11.4.